The number of alkyl carbamates (subject to hydrolysis) is 1. The third-order valence-electron chi connectivity index (χ3n) is 2.70. The first-order valence-electron chi connectivity index (χ1n) is 6.05. The van der Waals surface area contributed by atoms with Gasteiger partial charge in [-0.2, -0.15) is 13.2 Å². The van der Waals surface area contributed by atoms with Crippen molar-refractivity contribution in [2.45, 2.75) is 57.9 Å². The summed E-state index contributed by atoms with van der Waals surface area (Å²) in [4.78, 5) is 22.8. The van der Waals surface area contributed by atoms with Gasteiger partial charge in [0.1, 0.15) is 11.4 Å². The highest BCUT2D eigenvalue weighted by molar-refractivity contribution is 5.81. The van der Waals surface area contributed by atoms with E-state index >= 15 is 0 Å². The highest BCUT2D eigenvalue weighted by Crippen LogP contribution is 2.36. The van der Waals surface area contributed by atoms with Gasteiger partial charge in [0.25, 0.3) is 0 Å². The van der Waals surface area contributed by atoms with Gasteiger partial charge in [-0.3, -0.25) is 4.79 Å². The number of rotatable bonds is 1. The van der Waals surface area contributed by atoms with Gasteiger partial charge in [-0.05, 0) is 27.2 Å². The van der Waals surface area contributed by atoms with E-state index in [1.807, 2.05) is 0 Å². The molecule has 1 aliphatic rings. The molecule has 1 N–H and O–H groups in total. The molecule has 0 aliphatic heterocycles. The summed E-state index contributed by atoms with van der Waals surface area (Å²) in [5.74, 6) is -2.18. The minimum absolute atomic E-state index is 0.0776. The number of halogens is 3. The first kappa shape index (κ1) is 15.8. The van der Waals surface area contributed by atoms with Gasteiger partial charge in [-0.1, -0.05) is 0 Å². The normalized spacial score (nSPS) is 25.1. The Balaban J connectivity index is 2.59. The van der Waals surface area contributed by atoms with Crippen LogP contribution in [0.3, 0.4) is 0 Å². The molecule has 4 nitrogen and oxygen atoms in total. The zero-order chi connectivity index (χ0) is 14.8. The second-order valence-electron chi connectivity index (χ2n) is 5.76. The fourth-order valence-corrected chi connectivity index (χ4v) is 1.98. The van der Waals surface area contributed by atoms with E-state index in [0.29, 0.717) is 0 Å². The summed E-state index contributed by atoms with van der Waals surface area (Å²) in [7, 11) is 0. The number of ketones is 1. The zero-order valence-corrected chi connectivity index (χ0v) is 11.1. The molecule has 110 valence electrons. The molecule has 1 fully saturated rings. The van der Waals surface area contributed by atoms with E-state index in [2.05, 4.69) is 5.32 Å². The molecule has 0 saturated heterocycles. The predicted molar refractivity (Wildman–Crippen MR) is 61.6 cm³/mol. The molecule has 0 aromatic heterocycles. The van der Waals surface area contributed by atoms with Crippen LogP contribution in [-0.4, -0.2) is 29.7 Å². The number of hydrogen-bond donors (Lipinski definition) is 1. The fourth-order valence-electron chi connectivity index (χ4n) is 1.98. The average Bonchev–Trinajstić information content (AvgIpc) is 2.11. The van der Waals surface area contributed by atoms with Crippen LogP contribution in [0.15, 0.2) is 0 Å². The molecule has 1 amide bonds. The first-order chi connectivity index (χ1) is 8.47. The molecule has 0 heterocycles. The van der Waals surface area contributed by atoms with Gasteiger partial charge < -0.3 is 10.1 Å². The molecule has 0 aromatic carbocycles. The van der Waals surface area contributed by atoms with Crippen molar-refractivity contribution >= 4 is 11.9 Å². The molecule has 2 atom stereocenters. The molecule has 0 unspecified atom stereocenters. The molecule has 19 heavy (non-hydrogen) atoms. The maximum absolute atomic E-state index is 12.6. The maximum atomic E-state index is 12.6. The van der Waals surface area contributed by atoms with E-state index in [1.165, 1.54) is 0 Å². The largest absolute Gasteiger partial charge is 0.444 e. The second kappa shape index (κ2) is 5.38. The smallest absolute Gasteiger partial charge is 0.407 e. The minimum Gasteiger partial charge on any atom is -0.444 e. The van der Waals surface area contributed by atoms with Gasteiger partial charge in [-0.15, -0.1) is 0 Å². The lowest BCUT2D eigenvalue weighted by molar-refractivity contribution is -0.185. The van der Waals surface area contributed by atoms with Crippen molar-refractivity contribution in [1.82, 2.24) is 5.32 Å². The zero-order valence-electron chi connectivity index (χ0n) is 11.1. The van der Waals surface area contributed by atoms with Crippen LogP contribution >= 0.6 is 0 Å². The Labute approximate surface area is 109 Å². The lowest BCUT2D eigenvalue weighted by atomic mass is 9.84. The second-order valence-corrected chi connectivity index (χ2v) is 5.76. The summed E-state index contributed by atoms with van der Waals surface area (Å²) >= 11 is 0. The maximum Gasteiger partial charge on any atom is 0.407 e. The van der Waals surface area contributed by atoms with Gasteiger partial charge in [0.2, 0.25) is 0 Å². The molecule has 0 aromatic rings. The number of alkyl halides is 3. The van der Waals surface area contributed by atoms with Crippen molar-refractivity contribution in [2.24, 2.45) is 5.92 Å². The van der Waals surface area contributed by atoms with Crippen LogP contribution in [0.25, 0.3) is 0 Å². The van der Waals surface area contributed by atoms with Gasteiger partial charge in [-0.25, -0.2) is 4.79 Å². The standard InChI is InChI=1S/C12H18F3NO3/c1-11(2,3)19-10(18)16-8-4-7(12(13,14)15)5-9(17)6-8/h7-8H,4-6H2,1-3H3,(H,16,18)/t7-,8-/m0/s1. The number of hydrogen-bond acceptors (Lipinski definition) is 3. The van der Waals surface area contributed by atoms with Crippen LogP contribution in [0.4, 0.5) is 18.0 Å². The van der Waals surface area contributed by atoms with E-state index in [0.717, 1.165) is 0 Å². The highest BCUT2D eigenvalue weighted by atomic mass is 19.4. The summed E-state index contributed by atoms with van der Waals surface area (Å²) < 4.78 is 42.8. The minimum atomic E-state index is -4.41. The molecule has 1 saturated carbocycles. The first-order valence-corrected chi connectivity index (χ1v) is 6.05. The lowest BCUT2D eigenvalue weighted by Gasteiger charge is -2.30. The van der Waals surface area contributed by atoms with Crippen molar-refractivity contribution in [3.05, 3.63) is 0 Å². The topological polar surface area (TPSA) is 55.4 Å². The van der Waals surface area contributed by atoms with E-state index in [4.69, 9.17) is 4.74 Å². The molecule has 0 radical (unpaired) electrons. The Kier molecular flexibility index (Phi) is 4.47. The van der Waals surface area contributed by atoms with Crippen molar-refractivity contribution in [3.8, 4) is 0 Å². The van der Waals surface area contributed by atoms with Crippen molar-refractivity contribution < 1.29 is 27.5 Å². The van der Waals surface area contributed by atoms with Crippen LogP contribution in [0, 0.1) is 5.92 Å². The van der Waals surface area contributed by atoms with E-state index in [1.54, 1.807) is 20.8 Å². The summed E-state index contributed by atoms with van der Waals surface area (Å²) in [5.41, 5.74) is -0.730. The van der Waals surface area contributed by atoms with Crippen molar-refractivity contribution in [1.29, 1.82) is 0 Å². The van der Waals surface area contributed by atoms with Gasteiger partial charge >= 0.3 is 12.3 Å². The van der Waals surface area contributed by atoms with Crippen LogP contribution in [0.5, 0.6) is 0 Å². The fraction of sp³-hybridized carbons (Fsp3) is 0.833. The Bertz CT molecular complexity index is 360. The summed E-state index contributed by atoms with van der Waals surface area (Å²) in [6.45, 7) is 4.95. The number of ether oxygens (including phenoxy) is 1. The Morgan fingerprint density at radius 3 is 2.32 bits per heavy atom. The predicted octanol–water partition coefficient (Wildman–Crippen LogP) is 2.81. The van der Waals surface area contributed by atoms with Crippen LogP contribution in [0.2, 0.25) is 0 Å². The van der Waals surface area contributed by atoms with Crippen molar-refractivity contribution in [2.75, 3.05) is 0 Å². The highest BCUT2D eigenvalue weighted by Gasteiger charge is 2.45. The SMILES string of the molecule is CC(C)(C)OC(=O)N[C@@H]1CC(=O)C[C@@H](C(F)(F)F)C1. The number of Topliss-reactive ketones (excluding diaryl/α,β-unsaturated/α-hetero) is 1. The number of carbonyl (C=O) groups excluding carboxylic acids is 2. The number of carbonyl (C=O) groups is 2. The monoisotopic (exact) mass is 281 g/mol. The summed E-state index contributed by atoms with van der Waals surface area (Å²) in [6, 6.07) is -0.817. The van der Waals surface area contributed by atoms with E-state index < -0.39 is 42.0 Å². The third-order valence-corrected chi connectivity index (χ3v) is 2.70. The average molecular weight is 281 g/mol. The van der Waals surface area contributed by atoms with Crippen LogP contribution in [-0.2, 0) is 9.53 Å². The van der Waals surface area contributed by atoms with Crippen LogP contribution < -0.4 is 5.32 Å². The number of nitrogens with one attached hydrogen (secondary N) is 1. The molecular weight excluding hydrogens is 263 g/mol. The summed E-state index contributed by atoms with van der Waals surface area (Å²) in [5, 5.41) is 2.33. The molecule has 1 rings (SSSR count). The van der Waals surface area contributed by atoms with Crippen LogP contribution in [0.1, 0.15) is 40.0 Å². The Hall–Kier alpha value is -1.27. The van der Waals surface area contributed by atoms with E-state index in [9.17, 15) is 22.8 Å². The van der Waals surface area contributed by atoms with Crippen molar-refractivity contribution in [3.63, 3.8) is 0 Å². The van der Waals surface area contributed by atoms with Gasteiger partial charge in [0, 0.05) is 18.9 Å². The molecular formula is C12H18F3NO3. The quantitative estimate of drug-likeness (QED) is 0.804. The third kappa shape index (κ3) is 5.48. The van der Waals surface area contributed by atoms with E-state index in [-0.39, 0.29) is 12.8 Å². The lowest BCUT2D eigenvalue weighted by Crippen LogP contribution is -2.45. The molecule has 0 bridgehead atoms. The number of amides is 1. The van der Waals surface area contributed by atoms with Gasteiger partial charge in [0.05, 0.1) is 5.92 Å². The Morgan fingerprint density at radius 2 is 1.84 bits per heavy atom. The molecule has 0 spiro atoms. The molecule has 7 heteroatoms. The Morgan fingerprint density at radius 1 is 1.26 bits per heavy atom. The molecule has 1 aliphatic carbocycles. The van der Waals surface area contributed by atoms with Gasteiger partial charge in [0.15, 0.2) is 0 Å². The summed E-state index contributed by atoms with van der Waals surface area (Å²) in [6.07, 6.45) is -6.08.